The quantitative estimate of drug-likeness (QED) is 0.870. The van der Waals surface area contributed by atoms with Crippen LogP contribution in [0.5, 0.6) is 0 Å². The fourth-order valence-electron chi connectivity index (χ4n) is 1.61. The minimum Gasteiger partial charge on any atom is -0.335 e. The van der Waals surface area contributed by atoms with E-state index in [2.05, 4.69) is 5.32 Å². The van der Waals surface area contributed by atoms with Crippen molar-refractivity contribution in [3.63, 3.8) is 0 Å². The average Bonchev–Trinajstić information content (AvgIpc) is 2.24. The van der Waals surface area contributed by atoms with Gasteiger partial charge in [-0.25, -0.2) is 8.78 Å². The molecule has 0 radical (unpaired) electrons. The summed E-state index contributed by atoms with van der Waals surface area (Å²) in [6.45, 7) is 2.77. The van der Waals surface area contributed by atoms with Gasteiger partial charge in [-0.3, -0.25) is 9.59 Å². The predicted octanol–water partition coefficient (Wildman–Crippen LogP) is 1.10. The topological polar surface area (TPSA) is 75.4 Å². The van der Waals surface area contributed by atoms with Gasteiger partial charge in [0.15, 0.2) is 0 Å². The highest BCUT2D eigenvalue weighted by Gasteiger charge is 2.26. The molecule has 0 aliphatic heterocycles. The van der Waals surface area contributed by atoms with Gasteiger partial charge in [-0.05, 0) is 26.0 Å². The Morgan fingerprint density at radius 1 is 1.25 bits per heavy atom. The first-order chi connectivity index (χ1) is 9.09. The van der Waals surface area contributed by atoms with Crippen molar-refractivity contribution in [2.24, 2.45) is 5.73 Å². The molecule has 0 aromatic heterocycles. The molecule has 1 aromatic rings. The molecule has 0 bridgehead atoms. The number of rotatable bonds is 4. The van der Waals surface area contributed by atoms with E-state index in [4.69, 9.17) is 5.73 Å². The molecule has 3 N–H and O–H groups in total. The third-order valence-electron chi connectivity index (χ3n) is 2.42. The van der Waals surface area contributed by atoms with Crippen LogP contribution in [0.3, 0.4) is 0 Å². The van der Waals surface area contributed by atoms with E-state index in [1.165, 1.54) is 20.9 Å². The normalized spacial score (nSPS) is 11.1. The largest absolute Gasteiger partial charge is 0.335 e. The molecule has 0 spiro atoms. The van der Waals surface area contributed by atoms with Crippen LogP contribution in [0.1, 0.15) is 13.8 Å². The van der Waals surface area contributed by atoms with Gasteiger partial charge in [0.1, 0.15) is 11.6 Å². The van der Waals surface area contributed by atoms with E-state index in [0.29, 0.717) is 6.07 Å². The van der Waals surface area contributed by atoms with Crippen LogP contribution in [0, 0.1) is 11.6 Å². The maximum Gasteiger partial charge on any atom is 0.243 e. The zero-order valence-electron chi connectivity index (χ0n) is 11.5. The molecule has 0 aliphatic rings. The van der Waals surface area contributed by atoms with E-state index < -0.39 is 29.0 Å². The molecule has 0 fully saturated rings. The van der Waals surface area contributed by atoms with Crippen molar-refractivity contribution in [2.75, 3.05) is 18.9 Å². The summed E-state index contributed by atoms with van der Waals surface area (Å²) in [5.41, 5.74) is 4.52. The summed E-state index contributed by atoms with van der Waals surface area (Å²) in [7, 11) is 1.42. The lowest BCUT2D eigenvalue weighted by molar-refractivity contribution is -0.137. The number of hydrogen-bond donors (Lipinski definition) is 2. The molecule has 0 saturated heterocycles. The third kappa shape index (κ3) is 4.58. The molecule has 0 aliphatic carbocycles. The molecule has 0 unspecified atom stereocenters. The summed E-state index contributed by atoms with van der Waals surface area (Å²) in [4.78, 5) is 24.6. The minimum atomic E-state index is -1.10. The predicted molar refractivity (Wildman–Crippen MR) is 70.9 cm³/mol. The number of nitrogens with two attached hydrogens (primary N) is 1. The number of hydrogen-bond acceptors (Lipinski definition) is 3. The smallest absolute Gasteiger partial charge is 0.243 e. The second-order valence-corrected chi connectivity index (χ2v) is 5.09. The van der Waals surface area contributed by atoms with Crippen molar-refractivity contribution in [1.82, 2.24) is 4.90 Å². The number of likely N-dealkylation sites (N-methyl/N-ethyl adjacent to an activating group) is 1. The minimum absolute atomic E-state index is 0.0136. The number of nitrogens with one attached hydrogen (secondary N) is 1. The molecule has 2 amide bonds. The van der Waals surface area contributed by atoms with Crippen molar-refractivity contribution in [2.45, 2.75) is 19.4 Å². The Morgan fingerprint density at radius 2 is 1.75 bits per heavy atom. The highest BCUT2D eigenvalue weighted by Crippen LogP contribution is 2.13. The van der Waals surface area contributed by atoms with Crippen molar-refractivity contribution in [3.05, 3.63) is 29.8 Å². The Hall–Kier alpha value is -2.02. The molecule has 5 nitrogen and oxygen atoms in total. The van der Waals surface area contributed by atoms with Gasteiger partial charge in [0.05, 0.1) is 12.1 Å². The van der Waals surface area contributed by atoms with Gasteiger partial charge in [-0.1, -0.05) is 0 Å². The molecule has 20 heavy (non-hydrogen) atoms. The van der Waals surface area contributed by atoms with Crippen LogP contribution in [0.4, 0.5) is 14.5 Å². The van der Waals surface area contributed by atoms with Crippen LogP contribution in [-0.2, 0) is 9.59 Å². The Bertz CT molecular complexity index is 507. The number of carbonyl (C=O) groups is 2. The number of nitrogens with zero attached hydrogens (tertiary/aromatic N) is 1. The maximum absolute atomic E-state index is 13.0. The zero-order valence-corrected chi connectivity index (χ0v) is 11.5. The van der Waals surface area contributed by atoms with Crippen LogP contribution >= 0.6 is 0 Å². The van der Waals surface area contributed by atoms with Crippen molar-refractivity contribution in [1.29, 1.82) is 0 Å². The first-order valence-electron chi connectivity index (χ1n) is 5.90. The van der Waals surface area contributed by atoms with Gasteiger partial charge in [0.2, 0.25) is 11.8 Å². The highest BCUT2D eigenvalue weighted by atomic mass is 19.1. The molecular weight excluding hydrogens is 268 g/mol. The third-order valence-corrected chi connectivity index (χ3v) is 2.42. The van der Waals surface area contributed by atoms with E-state index in [1.54, 1.807) is 0 Å². The van der Waals surface area contributed by atoms with Gasteiger partial charge in [-0.2, -0.15) is 0 Å². The summed E-state index contributed by atoms with van der Waals surface area (Å²) in [6.07, 6.45) is 0. The standard InChI is InChI=1S/C13H17F2N3O2/c1-13(2,16)12(20)18(3)7-11(19)17-10-5-8(14)4-9(15)6-10/h4-6H,7,16H2,1-3H3,(H,17,19). The summed E-state index contributed by atoms with van der Waals surface area (Å²) in [5, 5.41) is 2.31. The molecule has 0 atom stereocenters. The van der Waals surface area contributed by atoms with E-state index in [1.807, 2.05) is 0 Å². The number of amides is 2. The molecule has 0 saturated carbocycles. The van der Waals surface area contributed by atoms with E-state index in [9.17, 15) is 18.4 Å². The molecule has 1 rings (SSSR count). The lowest BCUT2D eigenvalue weighted by atomic mass is 10.1. The fraction of sp³-hybridized carbons (Fsp3) is 0.385. The number of halogens is 2. The molecule has 110 valence electrons. The summed E-state index contributed by atoms with van der Waals surface area (Å²) in [6, 6.07) is 2.66. The Morgan fingerprint density at radius 3 is 2.20 bits per heavy atom. The van der Waals surface area contributed by atoms with Gasteiger partial charge in [0.25, 0.3) is 0 Å². The second kappa shape index (κ2) is 5.96. The summed E-state index contributed by atoms with van der Waals surface area (Å²) < 4.78 is 25.9. The second-order valence-electron chi connectivity index (χ2n) is 5.09. The monoisotopic (exact) mass is 285 g/mol. The van der Waals surface area contributed by atoms with Crippen molar-refractivity contribution >= 4 is 17.5 Å². The van der Waals surface area contributed by atoms with Crippen molar-refractivity contribution < 1.29 is 18.4 Å². The number of anilines is 1. The summed E-state index contributed by atoms with van der Waals surface area (Å²) in [5.74, 6) is -2.59. The lowest BCUT2D eigenvalue weighted by Crippen LogP contribution is -2.51. The maximum atomic E-state index is 13.0. The van der Waals surface area contributed by atoms with Crippen LogP contribution in [0.25, 0.3) is 0 Å². The van der Waals surface area contributed by atoms with Gasteiger partial charge >= 0.3 is 0 Å². The lowest BCUT2D eigenvalue weighted by Gasteiger charge is -2.25. The molecule has 7 heteroatoms. The summed E-state index contributed by atoms with van der Waals surface area (Å²) >= 11 is 0. The average molecular weight is 285 g/mol. The van der Waals surface area contributed by atoms with E-state index >= 15 is 0 Å². The Kier molecular flexibility index (Phi) is 4.78. The number of carbonyl (C=O) groups excluding carboxylic acids is 2. The zero-order chi connectivity index (χ0) is 15.5. The van der Waals surface area contributed by atoms with E-state index in [-0.39, 0.29) is 12.2 Å². The van der Waals surface area contributed by atoms with Crippen LogP contribution in [0.15, 0.2) is 18.2 Å². The van der Waals surface area contributed by atoms with Gasteiger partial charge in [0, 0.05) is 18.8 Å². The number of benzene rings is 1. The van der Waals surface area contributed by atoms with Crippen LogP contribution < -0.4 is 11.1 Å². The van der Waals surface area contributed by atoms with Gasteiger partial charge in [-0.15, -0.1) is 0 Å². The van der Waals surface area contributed by atoms with E-state index in [0.717, 1.165) is 17.0 Å². The Labute approximate surface area is 115 Å². The first kappa shape index (κ1) is 16.0. The molecule has 0 heterocycles. The molecule has 1 aromatic carbocycles. The van der Waals surface area contributed by atoms with Crippen LogP contribution in [0.2, 0.25) is 0 Å². The van der Waals surface area contributed by atoms with Gasteiger partial charge < -0.3 is 16.0 Å². The first-order valence-corrected chi connectivity index (χ1v) is 5.90. The Balaban J connectivity index is 2.66. The van der Waals surface area contributed by atoms with Crippen molar-refractivity contribution in [3.8, 4) is 0 Å². The molecular formula is C13H17F2N3O2. The van der Waals surface area contributed by atoms with Crippen LogP contribution in [-0.4, -0.2) is 35.8 Å². The fourth-order valence-corrected chi connectivity index (χ4v) is 1.61. The highest BCUT2D eigenvalue weighted by molar-refractivity contribution is 5.95. The SMILES string of the molecule is CN(CC(=O)Nc1cc(F)cc(F)c1)C(=O)C(C)(C)N.